The Hall–Kier alpha value is -1.56. The summed E-state index contributed by atoms with van der Waals surface area (Å²) in [6, 6.07) is 4.66. The highest BCUT2D eigenvalue weighted by Gasteiger charge is 2.44. The topological polar surface area (TPSA) is 63.3 Å². The standard InChI is InChI=1S/C12H14F3NO2/c1-2-11(7-16,10(17)18)8-5-3-4-6-9(8)12(13,14)15/h3-6H,2,7,16H2,1H3,(H,17,18). The zero-order chi connectivity index (χ0) is 14.0. The molecule has 3 N–H and O–H groups in total. The van der Waals surface area contributed by atoms with Crippen molar-refractivity contribution < 1.29 is 23.1 Å². The maximum absolute atomic E-state index is 12.9. The second kappa shape index (κ2) is 4.97. The normalized spacial score (nSPS) is 15.2. The maximum atomic E-state index is 12.9. The lowest BCUT2D eigenvalue weighted by Crippen LogP contribution is -2.43. The summed E-state index contributed by atoms with van der Waals surface area (Å²) in [5.74, 6) is -1.34. The van der Waals surface area contributed by atoms with Gasteiger partial charge in [0.15, 0.2) is 0 Å². The van der Waals surface area contributed by atoms with Crippen LogP contribution in [0.25, 0.3) is 0 Å². The van der Waals surface area contributed by atoms with Crippen molar-refractivity contribution in [3.05, 3.63) is 35.4 Å². The van der Waals surface area contributed by atoms with Gasteiger partial charge in [0.05, 0.1) is 5.56 Å². The van der Waals surface area contributed by atoms with E-state index >= 15 is 0 Å². The highest BCUT2D eigenvalue weighted by atomic mass is 19.4. The highest BCUT2D eigenvalue weighted by molar-refractivity contribution is 5.82. The Balaban J connectivity index is 3.52. The molecule has 1 aromatic rings. The molecule has 1 unspecified atom stereocenters. The van der Waals surface area contributed by atoms with Gasteiger partial charge in [0, 0.05) is 6.54 Å². The lowest BCUT2D eigenvalue weighted by atomic mass is 9.76. The maximum Gasteiger partial charge on any atom is 0.416 e. The molecular formula is C12H14F3NO2. The zero-order valence-corrected chi connectivity index (χ0v) is 9.79. The molecule has 0 aliphatic rings. The van der Waals surface area contributed by atoms with Crippen LogP contribution in [0, 0.1) is 0 Å². The van der Waals surface area contributed by atoms with E-state index < -0.39 is 23.1 Å². The predicted octanol–water partition coefficient (Wildman–Crippen LogP) is 2.40. The van der Waals surface area contributed by atoms with Crippen LogP contribution in [0.3, 0.4) is 0 Å². The molecule has 0 spiro atoms. The van der Waals surface area contributed by atoms with Crippen LogP contribution < -0.4 is 5.73 Å². The Bertz CT molecular complexity index is 439. The quantitative estimate of drug-likeness (QED) is 0.874. The average molecular weight is 261 g/mol. The molecule has 6 heteroatoms. The highest BCUT2D eigenvalue weighted by Crippen LogP contribution is 2.38. The van der Waals surface area contributed by atoms with E-state index in [0.717, 1.165) is 6.07 Å². The van der Waals surface area contributed by atoms with Gasteiger partial charge >= 0.3 is 12.1 Å². The molecule has 0 amide bonds. The Morgan fingerprint density at radius 3 is 2.11 bits per heavy atom. The van der Waals surface area contributed by atoms with E-state index in [1.165, 1.54) is 25.1 Å². The first kappa shape index (κ1) is 14.5. The largest absolute Gasteiger partial charge is 0.481 e. The van der Waals surface area contributed by atoms with Gasteiger partial charge in [0.2, 0.25) is 0 Å². The Kier molecular flexibility index (Phi) is 4.01. The third kappa shape index (κ3) is 2.33. The summed E-state index contributed by atoms with van der Waals surface area (Å²) in [6.45, 7) is 1.13. The monoisotopic (exact) mass is 261 g/mol. The van der Waals surface area contributed by atoms with Crippen molar-refractivity contribution in [3.8, 4) is 0 Å². The van der Waals surface area contributed by atoms with Crippen LogP contribution >= 0.6 is 0 Å². The minimum Gasteiger partial charge on any atom is -0.481 e. The molecule has 0 bridgehead atoms. The van der Waals surface area contributed by atoms with E-state index in [1.807, 2.05) is 0 Å². The molecule has 0 aliphatic carbocycles. The van der Waals surface area contributed by atoms with Crippen LogP contribution in [0.4, 0.5) is 13.2 Å². The molecule has 0 aromatic heterocycles. The summed E-state index contributed by atoms with van der Waals surface area (Å²) in [6.07, 6.45) is -4.60. The van der Waals surface area contributed by atoms with E-state index in [9.17, 15) is 23.1 Å². The molecular weight excluding hydrogens is 247 g/mol. The summed E-state index contributed by atoms with van der Waals surface area (Å²) < 4.78 is 38.6. The molecule has 0 aliphatic heterocycles. The number of carboxylic acid groups (broad SMARTS) is 1. The molecule has 1 atom stereocenters. The number of nitrogens with two attached hydrogens (primary N) is 1. The number of halogens is 3. The van der Waals surface area contributed by atoms with E-state index in [-0.39, 0.29) is 18.5 Å². The summed E-state index contributed by atoms with van der Waals surface area (Å²) in [5.41, 5.74) is 2.49. The number of carbonyl (C=O) groups is 1. The molecule has 0 saturated heterocycles. The fraction of sp³-hybridized carbons (Fsp3) is 0.417. The van der Waals surface area contributed by atoms with Crippen LogP contribution in [-0.4, -0.2) is 17.6 Å². The first-order chi connectivity index (χ1) is 8.29. The number of alkyl halides is 3. The van der Waals surface area contributed by atoms with Gasteiger partial charge < -0.3 is 10.8 Å². The molecule has 18 heavy (non-hydrogen) atoms. The van der Waals surface area contributed by atoms with Crippen molar-refractivity contribution in [1.29, 1.82) is 0 Å². The predicted molar refractivity (Wildman–Crippen MR) is 60.1 cm³/mol. The summed E-state index contributed by atoms with van der Waals surface area (Å²) in [7, 11) is 0. The number of hydrogen-bond acceptors (Lipinski definition) is 2. The average Bonchev–Trinajstić information content (AvgIpc) is 2.30. The summed E-state index contributed by atoms with van der Waals surface area (Å²) in [5, 5.41) is 9.22. The Morgan fingerprint density at radius 1 is 1.28 bits per heavy atom. The first-order valence-electron chi connectivity index (χ1n) is 5.39. The van der Waals surface area contributed by atoms with Gasteiger partial charge in [-0.15, -0.1) is 0 Å². The van der Waals surface area contributed by atoms with Gasteiger partial charge in [0.1, 0.15) is 5.41 Å². The fourth-order valence-electron chi connectivity index (χ4n) is 1.95. The van der Waals surface area contributed by atoms with Crippen LogP contribution in [0.2, 0.25) is 0 Å². The minimum atomic E-state index is -4.60. The molecule has 0 radical (unpaired) electrons. The van der Waals surface area contributed by atoms with Crippen LogP contribution in [-0.2, 0) is 16.4 Å². The van der Waals surface area contributed by atoms with Crippen molar-refractivity contribution in [2.24, 2.45) is 5.73 Å². The van der Waals surface area contributed by atoms with Gasteiger partial charge in [-0.05, 0) is 18.1 Å². The minimum absolute atomic E-state index is 0.00801. The van der Waals surface area contributed by atoms with Gasteiger partial charge in [-0.25, -0.2) is 0 Å². The third-order valence-corrected chi connectivity index (χ3v) is 3.11. The SMILES string of the molecule is CCC(CN)(C(=O)O)c1ccccc1C(F)(F)F. The van der Waals surface area contributed by atoms with Crippen molar-refractivity contribution in [1.82, 2.24) is 0 Å². The fourth-order valence-corrected chi connectivity index (χ4v) is 1.95. The molecule has 0 heterocycles. The van der Waals surface area contributed by atoms with Crippen LogP contribution in [0.15, 0.2) is 24.3 Å². The van der Waals surface area contributed by atoms with E-state index in [1.54, 1.807) is 0 Å². The molecule has 0 fully saturated rings. The van der Waals surface area contributed by atoms with E-state index in [0.29, 0.717) is 0 Å². The third-order valence-electron chi connectivity index (χ3n) is 3.11. The van der Waals surface area contributed by atoms with Gasteiger partial charge in [-0.3, -0.25) is 4.79 Å². The van der Waals surface area contributed by atoms with Crippen molar-refractivity contribution in [2.45, 2.75) is 24.9 Å². The van der Waals surface area contributed by atoms with Crippen molar-refractivity contribution >= 4 is 5.97 Å². The zero-order valence-electron chi connectivity index (χ0n) is 9.79. The van der Waals surface area contributed by atoms with Crippen LogP contribution in [0.5, 0.6) is 0 Å². The summed E-state index contributed by atoms with van der Waals surface area (Å²) in [4.78, 5) is 11.3. The smallest absolute Gasteiger partial charge is 0.416 e. The second-order valence-electron chi connectivity index (χ2n) is 3.99. The Morgan fingerprint density at radius 2 is 1.78 bits per heavy atom. The molecule has 100 valence electrons. The van der Waals surface area contributed by atoms with Gasteiger partial charge in [0.25, 0.3) is 0 Å². The van der Waals surface area contributed by atoms with E-state index in [4.69, 9.17) is 5.73 Å². The van der Waals surface area contributed by atoms with Gasteiger partial charge in [-0.1, -0.05) is 25.1 Å². The van der Waals surface area contributed by atoms with Crippen molar-refractivity contribution in [2.75, 3.05) is 6.54 Å². The second-order valence-corrected chi connectivity index (χ2v) is 3.99. The molecule has 1 aromatic carbocycles. The lowest BCUT2D eigenvalue weighted by molar-refractivity contribution is -0.146. The van der Waals surface area contributed by atoms with Crippen LogP contribution in [0.1, 0.15) is 24.5 Å². The molecule has 0 saturated carbocycles. The number of benzene rings is 1. The number of aliphatic carboxylic acids is 1. The Labute approximate surface area is 102 Å². The molecule has 3 nitrogen and oxygen atoms in total. The first-order valence-corrected chi connectivity index (χ1v) is 5.39. The van der Waals surface area contributed by atoms with Crippen molar-refractivity contribution in [3.63, 3.8) is 0 Å². The van der Waals surface area contributed by atoms with Gasteiger partial charge in [-0.2, -0.15) is 13.2 Å². The summed E-state index contributed by atoms with van der Waals surface area (Å²) >= 11 is 0. The molecule has 1 rings (SSSR count). The number of rotatable bonds is 4. The number of carboxylic acids is 1. The number of hydrogen-bond donors (Lipinski definition) is 2. The lowest BCUT2D eigenvalue weighted by Gasteiger charge is -2.29. The van der Waals surface area contributed by atoms with E-state index in [2.05, 4.69) is 0 Å².